The highest BCUT2D eigenvalue weighted by Gasteiger charge is 2.50. The Morgan fingerprint density at radius 1 is 0.747 bits per heavy atom. The molecule has 0 saturated heterocycles. The van der Waals surface area contributed by atoms with Crippen molar-refractivity contribution in [2.24, 2.45) is 11.0 Å². The summed E-state index contributed by atoms with van der Waals surface area (Å²) in [5.41, 5.74) is 11.5. The molecule has 0 saturated carbocycles. The number of benzene rings is 4. The lowest BCUT2D eigenvalue weighted by Gasteiger charge is -2.51. The van der Waals surface area contributed by atoms with Gasteiger partial charge in [-0.25, -0.2) is 13.2 Å². The topological polar surface area (TPSA) is 22.1 Å². The van der Waals surface area contributed by atoms with Crippen LogP contribution in [0.15, 0.2) is 192 Å². The lowest BCUT2D eigenvalue weighted by atomic mass is 9.68. The zero-order valence-electron chi connectivity index (χ0n) is 48.4. The third-order valence-electron chi connectivity index (χ3n) is 14.5. The van der Waals surface area contributed by atoms with E-state index in [-0.39, 0.29) is 47.7 Å². The minimum absolute atomic E-state index is 0.0582. The molecule has 0 amide bonds. The van der Waals surface area contributed by atoms with Crippen molar-refractivity contribution in [3.8, 4) is 0 Å². The van der Waals surface area contributed by atoms with Gasteiger partial charge in [-0.1, -0.05) is 187 Å². The summed E-state index contributed by atoms with van der Waals surface area (Å²) in [5.74, 6) is -0.398. The summed E-state index contributed by atoms with van der Waals surface area (Å²) in [6.07, 6.45) is 14.6. The number of hydrazone groups is 1. The maximum atomic E-state index is 15.1. The molecular weight excluding hydrogens is 930 g/mol. The largest absolute Gasteiger partial charge is 0.293 e. The number of fused-ring (bicyclic) bond motifs is 1. The number of aryl methyl sites for hydroxylation is 1. The molecule has 7 heteroatoms. The Balaban J connectivity index is 0.000000351. The van der Waals surface area contributed by atoms with Crippen LogP contribution in [-0.4, -0.2) is 46.7 Å². The van der Waals surface area contributed by atoms with Gasteiger partial charge in [-0.2, -0.15) is 5.10 Å². The predicted octanol–water partition coefficient (Wildman–Crippen LogP) is 19.1. The fourth-order valence-corrected chi connectivity index (χ4v) is 11.1. The highest BCUT2D eigenvalue weighted by atomic mass is 19.1. The highest BCUT2D eigenvalue weighted by Crippen LogP contribution is 2.49. The normalized spacial score (nSPS) is 19.3. The van der Waals surface area contributed by atoms with Crippen molar-refractivity contribution in [1.82, 2.24) is 14.8 Å². The van der Waals surface area contributed by atoms with E-state index >= 15 is 4.39 Å². The van der Waals surface area contributed by atoms with Crippen LogP contribution in [0.2, 0.25) is 0 Å². The Morgan fingerprint density at radius 3 is 1.95 bits per heavy atom. The molecule has 2 heterocycles. The highest BCUT2D eigenvalue weighted by molar-refractivity contribution is 6.05. The van der Waals surface area contributed by atoms with Gasteiger partial charge in [0.1, 0.15) is 17.5 Å². The van der Waals surface area contributed by atoms with Gasteiger partial charge < -0.3 is 0 Å². The molecule has 0 fully saturated rings. The van der Waals surface area contributed by atoms with Crippen molar-refractivity contribution in [2.45, 2.75) is 164 Å². The van der Waals surface area contributed by atoms with Crippen molar-refractivity contribution in [2.75, 3.05) is 20.6 Å². The minimum atomic E-state index is -0.418. The molecule has 0 spiro atoms. The van der Waals surface area contributed by atoms with Crippen molar-refractivity contribution in [3.63, 3.8) is 0 Å². The molecule has 4 aromatic carbocycles. The fraction of sp³-hybridized carbons (Fsp3) is 0.426. The molecule has 2 aliphatic heterocycles. The molecule has 4 aliphatic rings. The van der Waals surface area contributed by atoms with Gasteiger partial charge >= 0.3 is 0 Å². The number of nitrogens with zero attached hydrogens (tertiary/aromatic N) is 4. The fourth-order valence-electron chi connectivity index (χ4n) is 11.1. The number of halogens is 3. The van der Waals surface area contributed by atoms with Gasteiger partial charge in [-0.05, 0) is 124 Å². The molecule has 3 atom stereocenters. The number of allylic oxidation sites excluding steroid dienone is 9. The Hall–Kier alpha value is -5.76. The number of hydrogen-bond donors (Lipinski definition) is 0. The molecule has 0 bridgehead atoms. The molecule has 4 nitrogen and oxygen atoms in total. The summed E-state index contributed by atoms with van der Waals surface area (Å²) in [4.78, 5) is 5.08. The van der Waals surface area contributed by atoms with Gasteiger partial charge in [0, 0.05) is 58.1 Å². The molecule has 2 aliphatic carbocycles. The van der Waals surface area contributed by atoms with E-state index in [1.54, 1.807) is 12.1 Å². The van der Waals surface area contributed by atoms with Gasteiger partial charge in [0.15, 0.2) is 0 Å². The van der Waals surface area contributed by atoms with E-state index in [0.29, 0.717) is 17.7 Å². The molecule has 4 aromatic rings. The zero-order valence-corrected chi connectivity index (χ0v) is 48.4. The Labute approximate surface area is 453 Å². The first-order chi connectivity index (χ1) is 36.2. The first-order valence-corrected chi connectivity index (χ1v) is 27.8. The lowest BCUT2D eigenvalue weighted by Crippen LogP contribution is -2.55. The monoisotopic (exact) mass is 1020 g/mol. The Kier molecular flexibility index (Phi) is 27.1. The van der Waals surface area contributed by atoms with Crippen molar-refractivity contribution >= 4 is 5.71 Å². The van der Waals surface area contributed by atoms with Crippen molar-refractivity contribution < 1.29 is 13.2 Å². The Morgan fingerprint density at radius 2 is 1.33 bits per heavy atom. The first kappa shape index (κ1) is 63.5. The smallest absolute Gasteiger partial charge is 0.126 e. The average Bonchev–Trinajstić information content (AvgIpc) is 3.77. The molecule has 406 valence electrons. The number of likely N-dealkylation sites (N-methyl/N-ethyl adjacent to an activating group) is 2. The molecule has 8 rings (SSSR count). The average molecular weight is 1020 g/mol. The van der Waals surface area contributed by atoms with Crippen LogP contribution in [0.1, 0.15) is 160 Å². The van der Waals surface area contributed by atoms with E-state index < -0.39 is 5.54 Å². The first-order valence-electron chi connectivity index (χ1n) is 27.8. The van der Waals surface area contributed by atoms with E-state index in [1.165, 1.54) is 45.0 Å². The van der Waals surface area contributed by atoms with E-state index in [2.05, 4.69) is 148 Å². The van der Waals surface area contributed by atoms with Crippen LogP contribution in [0.4, 0.5) is 13.2 Å². The maximum absolute atomic E-state index is 15.1. The summed E-state index contributed by atoms with van der Waals surface area (Å²) in [5, 5.41) is 6.77. The summed E-state index contributed by atoms with van der Waals surface area (Å²) >= 11 is 0. The van der Waals surface area contributed by atoms with Gasteiger partial charge in [0.05, 0.1) is 16.8 Å². The minimum Gasteiger partial charge on any atom is -0.293 e. The van der Waals surface area contributed by atoms with E-state index in [0.717, 1.165) is 69.4 Å². The lowest BCUT2D eigenvalue weighted by molar-refractivity contribution is 0.0250. The SMILES string of the molecule is C=CC.C=CCC(CC=C)C1(C2=C(C)CCC(C)=C2)CC(C2=C(F)CCC(F)=C2)=NN1C.CC.CC.CC.Cc1ccc(F)c(C(C)CC2(N(C)Cc3ccccc3)CN(Cc3ccccc3)Cc3ccccc32)c1. The third-order valence-corrected chi connectivity index (χ3v) is 14.5. The molecule has 75 heavy (non-hydrogen) atoms. The van der Waals surface area contributed by atoms with Crippen LogP contribution in [-0.2, 0) is 25.2 Å². The molecule has 0 aromatic heterocycles. The predicted molar refractivity (Wildman–Crippen MR) is 319 cm³/mol. The van der Waals surface area contributed by atoms with E-state index in [4.69, 9.17) is 5.10 Å². The van der Waals surface area contributed by atoms with Crippen LogP contribution in [0.5, 0.6) is 0 Å². The standard InChI is InChI=1S/C34H37FN2.C25H32F2N2.C3H6.3C2H6/c1-26-18-19-33(35)31(20-26)27(2)21-34(36(3)22-28-12-6-4-7-13-28)25-37(23-29-14-8-5-9-15-29)24-30-16-10-11-17-32(30)34;1-6-8-19(9-7-2)25(22-14-17(3)10-11-18(22)4)16-24(28-29(25)5)21-15-20(26)12-13-23(21)27;1-3-2;3*1-2/h4-20,27H,21-25H2,1-3H3;6-7,14-15,19H,1-2,8-13,16H2,3-5H3;3H,1H2,2H3;3*1-2H3. The second-order valence-corrected chi connectivity index (χ2v) is 19.7. The van der Waals surface area contributed by atoms with Gasteiger partial charge in [-0.15, -0.1) is 19.7 Å². The third kappa shape index (κ3) is 16.4. The van der Waals surface area contributed by atoms with Crippen LogP contribution in [0, 0.1) is 18.7 Å². The molecule has 3 unspecified atom stereocenters. The quantitative estimate of drug-likeness (QED) is 0.111. The number of hydrogen-bond acceptors (Lipinski definition) is 4. The maximum Gasteiger partial charge on any atom is 0.126 e. The van der Waals surface area contributed by atoms with E-state index in [9.17, 15) is 8.78 Å². The van der Waals surface area contributed by atoms with Gasteiger partial charge in [0.2, 0.25) is 0 Å². The summed E-state index contributed by atoms with van der Waals surface area (Å²) in [6.45, 7) is 37.3. The van der Waals surface area contributed by atoms with Gasteiger partial charge in [0.25, 0.3) is 0 Å². The zero-order chi connectivity index (χ0) is 55.7. The summed E-state index contributed by atoms with van der Waals surface area (Å²) < 4.78 is 43.7. The van der Waals surface area contributed by atoms with Crippen LogP contribution in [0.25, 0.3) is 0 Å². The second kappa shape index (κ2) is 32.0. The van der Waals surface area contributed by atoms with Crippen LogP contribution >= 0.6 is 0 Å². The molecule has 0 N–H and O–H groups in total. The van der Waals surface area contributed by atoms with Crippen LogP contribution < -0.4 is 0 Å². The molecule has 0 radical (unpaired) electrons. The van der Waals surface area contributed by atoms with E-state index in [1.807, 2.05) is 91.7 Å². The van der Waals surface area contributed by atoms with Crippen molar-refractivity contribution in [1.29, 1.82) is 0 Å². The Bertz CT molecular complexity index is 2560. The molecular formula is C68H93F3N4. The van der Waals surface area contributed by atoms with Crippen molar-refractivity contribution in [3.05, 3.63) is 226 Å². The van der Waals surface area contributed by atoms with Gasteiger partial charge in [-0.3, -0.25) is 14.8 Å². The number of rotatable bonds is 15. The second-order valence-electron chi connectivity index (χ2n) is 19.7. The summed E-state index contributed by atoms with van der Waals surface area (Å²) in [7, 11) is 4.21. The van der Waals surface area contributed by atoms with Crippen LogP contribution in [0.3, 0.4) is 0 Å². The summed E-state index contributed by atoms with van der Waals surface area (Å²) in [6, 6.07) is 35.8.